The van der Waals surface area contributed by atoms with Crippen molar-refractivity contribution in [2.24, 2.45) is 5.41 Å². The summed E-state index contributed by atoms with van der Waals surface area (Å²) < 4.78 is 0.896. The minimum absolute atomic E-state index is 0.384. The standard InChI is InChI=1S/C15H16ClNS/c16-14-7-6-13(18-14)9-15(10-17-11-15)8-12-4-2-1-3-5-12/h1-7,17H,8-11H2. The average molecular weight is 278 g/mol. The molecule has 94 valence electrons. The first kappa shape index (κ1) is 12.2. The number of nitrogens with one attached hydrogen (secondary N) is 1. The van der Waals surface area contributed by atoms with E-state index in [0.29, 0.717) is 5.41 Å². The third-order valence-corrected chi connectivity index (χ3v) is 4.83. The molecule has 1 saturated heterocycles. The van der Waals surface area contributed by atoms with Crippen molar-refractivity contribution < 1.29 is 0 Å². The normalized spacial score (nSPS) is 17.4. The smallest absolute Gasteiger partial charge is 0.0931 e. The number of benzene rings is 1. The van der Waals surface area contributed by atoms with E-state index < -0.39 is 0 Å². The van der Waals surface area contributed by atoms with E-state index in [-0.39, 0.29) is 0 Å². The average Bonchev–Trinajstić information content (AvgIpc) is 2.73. The predicted octanol–water partition coefficient (Wildman–Crippen LogP) is 3.78. The van der Waals surface area contributed by atoms with Gasteiger partial charge in [-0.1, -0.05) is 41.9 Å². The van der Waals surface area contributed by atoms with Crippen LogP contribution in [0.15, 0.2) is 42.5 Å². The van der Waals surface area contributed by atoms with Crippen LogP contribution in [0.5, 0.6) is 0 Å². The molecule has 1 aromatic carbocycles. The van der Waals surface area contributed by atoms with E-state index in [4.69, 9.17) is 11.6 Å². The number of halogens is 1. The zero-order valence-corrected chi connectivity index (χ0v) is 11.7. The van der Waals surface area contributed by atoms with Crippen LogP contribution in [0.4, 0.5) is 0 Å². The van der Waals surface area contributed by atoms with Crippen LogP contribution in [0.1, 0.15) is 10.4 Å². The minimum Gasteiger partial charge on any atom is -0.315 e. The molecule has 0 aliphatic carbocycles. The second kappa shape index (κ2) is 5.04. The summed E-state index contributed by atoms with van der Waals surface area (Å²) in [4.78, 5) is 1.40. The topological polar surface area (TPSA) is 12.0 Å². The highest BCUT2D eigenvalue weighted by Crippen LogP contribution is 2.35. The SMILES string of the molecule is Clc1ccc(CC2(Cc3ccccc3)CNC2)s1. The Morgan fingerprint density at radius 3 is 2.39 bits per heavy atom. The Bertz CT molecular complexity index is 516. The molecule has 2 aromatic rings. The van der Waals surface area contributed by atoms with Crippen molar-refractivity contribution in [2.45, 2.75) is 12.8 Å². The Morgan fingerprint density at radius 2 is 1.83 bits per heavy atom. The molecule has 1 aliphatic rings. The van der Waals surface area contributed by atoms with E-state index in [2.05, 4.69) is 41.7 Å². The molecular formula is C15H16ClNS. The van der Waals surface area contributed by atoms with Gasteiger partial charge in [-0.25, -0.2) is 0 Å². The fourth-order valence-electron chi connectivity index (χ4n) is 2.64. The Kier molecular flexibility index (Phi) is 3.42. The first-order chi connectivity index (χ1) is 8.76. The maximum Gasteiger partial charge on any atom is 0.0931 e. The van der Waals surface area contributed by atoms with E-state index in [9.17, 15) is 0 Å². The van der Waals surface area contributed by atoms with Gasteiger partial charge in [0.05, 0.1) is 4.34 Å². The van der Waals surface area contributed by atoms with Gasteiger partial charge in [0.2, 0.25) is 0 Å². The predicted molar refractivity (Wildman–Crippen MR) is 78.5 cm³/mol. The van der Waals surface area contributed by atoms with Gasteiger partial charge < -0.3 is 5.32 Å². The van der Waals surface area contributed by atoms with Gasteiger partial charge in [-0.3, -0.25) is 0 Å². The van der Waals surface area contributed by atoms with Crippen molar-refractivity contribution in [1.29, 1.82) is 0 Å². The maximum absolute atomic E-state index is 6.01. The molecule has 3 rings (SSSR count). The first-order valence-corrected chi connectivity index (χ1v) is 7.44. The van der Waals surface area contributed by atoms with Gasteiger partial charge in [0.1, 0.15) is 0 Å². The summed E-state index contributed by atoms with van der Waals surface area (Å²) in [5.74, 6) is 0. The monoisotopic (exact) mass is 277 g/mol. The van der Waals surface area contributed by atoms with E-state index in [1.54, 1.807) is 11.3 Å². The zero-order valence-electron chi connectivity index (χ0n) is 10.2. The Balaban J connectivity index is 1.74. The molecule has 1 aliphatic heterocycles. The fourth-order valence-corrected chi connectivity index (χ4v) is 3.90. The molecule has 1 N–H and O–H groups in total. The van der Waals surface area contributed by atoms with Crippen molar-refractivity contribution in [2.75, 3.05) is 13.1 Å². The fraction of sp³-hybridized carbons (Fsp3) is 0.333. The molecule has 2 heterocycles. The van der Waals surface area contributed by atoms with Crippen molar-refractivity contribution in [3.05, 3.63) is 57.2 Å². The van der Waals surface area contributed by atoms with Crippen LogP contribution < -0.4 is 5.32 Å². The molecule has 0 radical (unpaired) electrons. The molecule has 0 unspecified atom stereocenters. The molecule has 1 aromatic heterocycles. The first-order valence-electron chi connectivity index (χ1n) is 6.25. The van der Waals surface area contributed by atoms with Crippen molar-refractivity contribution in [3.63, 3.8) is 0 Å². The summed E-state index contributed by atoms with van der Waals surface area (Å²) in [6, 6.07) is 14.9. The highest BCUT2D eigenvalue weighted by atomic mass is 35.5. The molecule has 0 saturated carbocycles. The van der Waals surface area contributed by atoms with E-state index in [0.717, 1.165) is 30.3 Å². The lowest BCUT2D eigenvalue weighted by molar-refractivity contribution is 0.168. The third-order valence-electron chi connectivity index (χ3n) is 3.60. The summed E-state index contributed by atoms with van der Waals surface area (Å²) in [6.07, 6.45) is 2.28. The highest BCUT2D eigenvalue weighted by Gasteiger charge is 2.37. The van der Waals surface area contributed by atoms with Crippen molar-refractivity contribution in [1.82, 2.24) is 5.32 Å². The van der Waals surface area contributed by atoms with Crippen LogP contribution in [0.25, 0.3) is 0 Å². The van der Waals surface area contributed by atoms with Gasteiger partial charge in [0.25, 0.3) is 0 Å². The third kappa shape index (κ3) is 2.61. The van der Waals surface area contributed by atoms with Crippen molar-refractivity contribution in [3.8, 4) is 0 Å². The van der Waals surface area contributed by atoms with Gasteiger partial charge in [0.15, 0.2) is 0 Å². The molecule has 1 nitrogen and oxygen atoms in total. The Labute approximate surface area is 117 Å². The zero-order chi connectivity index (χ0) is 12.4. The number of hydrogen-bond donors (Lipinski definition) is 1. The molecule has 0 bridgehead atoms. The van der Waals surface area contributed by atoms with Gasteiger partial charge in [0, 0.05) is 23.4 Å². The number of thiophene rings is 1. The summed E-state index contributed by atoms with van der Waals surface area (Å²) in [6.45, 7) is 2.22. The molecule has 1 fully saturated rings. The lowest BCUT2D eigenvalue weighted by Crippen LogP contribution is -2.55. The number of hydrogen-bond acceptors (Lipinski definition) is 2. The molecule has 0 amide bonds. The van der Waals surface area contributed by atoms with E-state index in [1.807, 2.05) is 6.07 Å². The van der Waals surface area contributed by atoms with Crippen molar-refractivity contribution >= 4 is 22.9 Å². The quantitative estimate of drug-likeness (QED) is 0.897. The minimum atomic E-state index is 0.384. The Hall–Kier alpha value is -0.830. The van der Waals surface area contributed by atoms with Gasteiger partial charge >= 0.3 is 0 Å². The summed E-state index contributed by atoms with van der Waals surface area (Å²) >= 11 is 7.73. The van der Waals surface area contributed by atoms with E-state index in [1.165, 1.54) is 10.4 Å². The van der Waals surface area contributed by atoms with Crippen LogP contribution in [0.2, 0.25) is 4.34 Å². The summed E-state index contributed by atoms with van der Waals surface area (Å²) in [5.41, 5.74) is 1.82. The Morgan fingerprint density at radius 1 is 1.06 bits per heavy atom. The van der Waals surface area contributed by atoms with Crippen LogP contribution in [0, 0.1) is 5.41 Å². The lowest BCUT2D eigenvalue weighted by atomic mass is 9.73. The maximum atomic E-state index is 6.01. The molecule has 0 spiro atoms. The summed E-state index contributed by atoms with van der Waals surface area (Å²) in [5, 5.41) is 3.42. The molecule has 0 atom stereocenters. The highest BCUT2D eigenvalue weighted by molar-refractivity contribution is 7.16. The molecule has 3 heteroatoms. The second-order valence-corrected chi connectivity index (χ2v) is 6.95. The van der Waals surface area contributed by atoms with E-state index >= 15 is 0 Å². The van der Waals surface area contributed by atoms with Crippen LogP contribution >= 0.6 is 22.9 Å². The van der Waals surface area contributed by atoms with Crippen LogP contribution in [0.3, 0.4) is 0 Å². The summed E-state index contributed by atoms with van der Waals surface area (Å²) in [7, 11) is 0. The van der Waals surface area contributed by atoms with Gasteiger partial charge in [-0.15, -0.1) is 11.3 Å². The molecular weight excluding hydrogens is 262 g/mol. The lowest BCUT2D eigenvalue weighted by Gasteiger charge is -2.43. The second-order valence-electron chi connectivity index (χ2n) is 5.15. The van der Waals surface area contributed by atoms with Crippen LogP contribution in [-0.4, -0.2) is 13.1 Å². The number of rotatable bonds is 4. The van der Waals surface area contributed by atoms with Gasteiger partial charge in [-0.2, -0.15) is 0 Å². The largest absolute Gasteiger partial charge is 0.315 e. The van der Waals surface area contributed by atoms with Crippen LogP contribution in [-0.2, 0) is 12.8 Å². The molecule has 18 heavy (non-hydrogen) atoms. The van der Waals surface area contributed by atoms with Gasteiger partial charge in [-0.05, 0) is 30.5 Å².